The number of hydrogen-bond acceptors (Lipinski definition) is 3. The van der Waals surface area contributed by atoms with Gasteiger partial charge in [-0.1, -0.05) is 19.9 Å². The molecule has 0 unspecified atom stereocenters. The molecule has 0 aliphatic rings. The largest absolute Gasteiger partial charge is 0.478 e. The molecule has 4 nitrogen and oxygen atoms in total. The Morgan fingerprint density at radius 2 is 1.88 bits per heavy atom. The molecule has 0 aliphatic carbocycles. The fourth-order valence-electron chi connectivity index (χ4n) is 1.82. The van der Waals surface area contributed by atoms with E-state index in [2.05, 4.69) is 0 Å². The van der Waals surface area contributed by atoms with Crippen molar-refractivity contribution in [2.45, 2.75) is 33.6 Å². The predicted octanol–water partition coefficient (Wildman–Crippen LogP) is 2.43. The Labute approximate surface area is 100 Å². The topological polar surface area (TPSA) is 63.6 Å². The lowest BCUT2D eigenvalue weighted by Crippen LogP contribution is -2.11. The van der Waals surface area contributed by atoms with Crippen LogP contribution in [0.2, 0.25) is 0 Å². The quantitative estimate of drug-likeness (QED) is 0.644. The van der Waals surface area contributed by atoms with E-state index in [-0.39, 0.29) is 11.3 Å². The number of carboxylic acid groups (broad SMARTS) is 1. The van der Waals surface area contributed by atoms with E-state index in [1.165, 1.54) is 13.0 Å². The highest BCUT2D eigenvalue weighted by Gasteiger charge is 2.18. The molecule has 0 fully saturated rings. The van der Waals surface area contributed by atoms with Gasteiger partial charge in [0, 0.05) is 6.92 Å². The van der Waals surface area contributed by atoms with Gasteiger partial charge in [-0.3, -0.25) is 4.79 Å². The van der Waals surface area contributed by atoms with Gasteiger partial charge >= 0.3 is 11.9 Å². The zero-order chi connectivity index (χ0) is 13.0. The summed E-state index contributed by atoms with van der Waals surface area (Å²) < 4.78 is 5.05. The molecule has 0 spiro atoms. The van der Waals surface area contributed by atoms with Crippen LogP contribution < -0.4 is 4.74 Å². The first-order valence-corrected chi connectivity index (χ1v) is 5.57. The molecule has 0 atom stereocenters. The number of aromatic carboxylic acids is 1. The maximum absolute atomic E-state index is 11.1. The number of esters is 1. The lowest BCUT2D eigenvalue weighted by molar-refractivity contribution is -0.131. The van der Waals surface area contributed by atoms with E-state index >= 15 is 0 Å². The molecule has 1 N–H and O–H groups in total. The molecular weight excluding hydrogens is 220 g/mol. The fraction of sp³-hybridized carbons (Fsp3) is 0.385. The second kappa shape index (κ2) is 5.48. The normalized spacial score (nSPS) is 10.1. The van der Waals surface area contributed by atoms with E-state index in [0.29, 0.717) is 6.42 Å². The van der Waals surface area contributed by atoms with Gasteiger partial charge in [0.1, 0.15) is 11.3 Å². The molecule has 0 aliphatic heterocycles. The van der Waals surface area contributed by atoms with Gasteiger partial charge in [-0.2, -0.15) is 0 Å². The standard InChI is InChI=1S/C13H16O4/c1-4-9-6-7-11(13(15)16)12(10(9)5-2)17-8(3)14/h6-7H,4-5H2,1-3H3,(H,15,16). The number of carboxylic acids is 1. The molecule has 0 bridgehead atoms. The SMILES string of the molecule is CCc1ccc(C(=O)O)c(OC(C)=O)c1CC. The van der Waals surface area contributed by atoms with Crippen molar-refractivity contribution in [1.82, 2.24) is 0 Å². The Morgan fingerprint density at radius 3 is 2.29 bits per heavy atom. The third kappa shape index (κ3) is 2.84. The zero-order valence-corrected chi connectivity index (χ0v) is 10.2. The van der Waals surface area contributed by atoms with Gasteiger partial charge < -0.3 is 9.84 Å². The first kappa shape index (κ1) is 13.2. The van der Waals surface area contributed by atoms with E-state index < -0.39 is 11.9 Å². The van der Waals surface area contributed by atoms with Crippen molar-refractivity contribution in [1.29, 1.82) is 0 Å². The first-order valence-electron chi connectivity index (χ1n) is 5.57. The highest BCUT2D eigenvalue weighted by atomic mass is 16.5. The van der Waals surface area contributed by atoms with E-state index in [1.54, 1.807) is 6.07 Å². The van der Waals surface area contributed by atoms with Crippen LogP contribution in [0.15, 0.2) is 12.1 Å². The van der Waals surface area contributed by atoms with Gasteiger partial charge in [0.05, 0.1) is 0 Å². The summed E-state index contributed by atoms with van der Waals surface area (Å²) >= 11 is 0. The molecule has 17 heavy (non-hydrogen) atoms. The van der Waals surface area contributed by atoms with Gasteiger partial charge in [0.25, 0.3) is 0 Å². The smallest absolute Gasteiger partial charge is 0.339 e. The van der Waals surface area contributed by atoms with Crippen LogP contribution in [-0.4, -0.2) is 17.0 Å². The summed E-state index contributed by atoms with van der Waals surface area (Å²) in [7, 11) is 0. The summed E-state index contributed by atoms with van der Waals surface area (Å²) in [5, 5.41) is 9.07. The molecular formula is C13H16O4. The highest BCUT2D eigenvalue weighted by Crippen LogP contribution is 2.29. The van der Waals surface area contributed by atoms with Crippen LogP contribution >= 0.6 is 0 Å². The molecule has 1 aromatic rings. The van der Waals surface area contributed by atoms with Crippen LogP contribution in [0, 0.1) is 0 Å². The van der Waals surface area contributed by atoms with Crippen molar-refractivity contribution in [3.8, 4) is 5.75 Å². The molecule has 0 amide bonds. The van der Waals surface area contributed by atoms with E-state index in [9.17, 15) is 9.59 Å². The monoisotopic (exact) mass is 236 g/mol. The number of carbonyl (C=O) groups excluding carboxylic acids is 1. The number of carbonyl (C=O) groups is 2. The minimum absolute atomic E-state index is 0.0363. The minimum atomic E-state index is -1.08. The molecule has 0 aromatic heterocycles. The summed E-state index contributed by atoms with van der Waals surface area (Å²) in [5.74, 6) is -1.40. The lowest BCUT2D eigenvalue weighted by Gasteiger charge is -2.14. The summed E-state index contributed by atoms with van der Waals surface area (Å²) in [6.45, 7) is 5.16. The van der Waals surface area contributed by atoms with Crippen molar-refractivity contribution in [2.75, 3.05) is 0 Å². The lowest BCUT2D eigenvalue weighted by atomic mass is 9.98. The van der Waals surface area contributed by atoms with Gasteiger partial charge in [-0.25, -0.2) is 4.79 Å². The Balaban J connectivity index is 3.43. The van der Waals surface area contributed by atoms with Crippen molar-refractivity contribution in [3.05, 3.63) is 28.8 Å². The Bertz CT molecular complexity index is 449. The molecule has 0 heterocycles. The number of aryl methyl sites for hydroxylation is 1. The van der Waals surface area contributed by atoms with Gasteiger partial charge in [0.2, 0.25) is 0 Å². The van der Waals surface area contributed by atoms with Crippen LogP contribution in [0.3, 0.4) is 0 Å². The van der Waals surface area contributed by atoms with Crippen LogP contribution in [0.25, 0.3) is 0 Å². The minimum Gasteiger partial charge on any atom is -0.478 e. The fourth-order valence-corrected chi connectivity index (χ4v) is 1.82. The summed E-state index contributed by atoms with van der Waals surface area (Å²) in [6, 6.07) is 3.26. The van der Waals surface area contributed by atoms with Crippen molar-refractivity contribution in [2.24, 2.45) is 0 Å². The average Bonchev–Trinajstić information content (AvgIpc) is 2.27. The van der Waals surface area contributed by atoms with Gasteiger partial charge in [0.15, 0.2) is 0 Å². The van der Waals surface area contributed by atoms with Crippen molar-refractivity contribution >= 4 is 11.9 Å². The Morgan fingerprint density at radius 1 is 1.24 bits per heavy atom. The number of hydrogen-bond donors (Lipinski definition) is 1. The van der Waals surface area contributed by atoms with E-state index in [0.717, 1.165) is 17.5 Å². The molecule has 0 saturated heterocycles. The van der Waals surface area contributed by atoms with Crippen LogP contribution in [-0.2, 0) is 17.6 Å². The maximum atomic E-state index is 11.1. The van der Waals surface area contributed by atoms with Crippen molar-refractivity contribution < 1.29 is 19.4 Å². The molecule has 1 rings (SSSR count). The summed E-state index contributed by atoms with van der Waals surface area (Å²) in [4.78, 5) is 22.1. The second-order valence-electron chi connectivity index (χ2n) is 3.69. The Hall–Kier alpha value is -1.84. The summed E-state index contributed by atoms with van der Waals surface area (Å²) in [5.41, 5.74) is 1.84. The Kier molecular flexibility index (Phi) is 4.26. The molecule has 0 radical (unpaired) electrons. The van der Waals surface area contributed by atoms with E-state index in [4.69, 9.17) is 9.84 Å². The van der Waals surface area contributed by atoms with Crippen molar-refractivity contribution in [3.63, 3.8) is 0 Å². The maximum Gasteiger partial charge on any atom is 0.339 e. The predicted molar refractivity (Wildman–Crippen MR) is 63.5 cm³/mol. The first-order chi connectivity index (χ1) is 8.01. The van der Waals surface area contributed by atoms with Crippen LogP contribution in [0.1, 0.15) is 42.3 Å². The molecule has 92 valence electrons. The molecule has 0 saturated carbocycles. The third-order valence-corrected chi connectivity index (χ3v) is 2.57. The van der Waals surface area contributed by atoms with Gasteiger partial charge in [-0.15, -0.1) is 0 Å². The molecule has 4 heteroatoms. The van der Waals surface area contributed by atoms with Crippen LogP contribution in [0.4, 0.5) is 0 Å². The van der Waals surface area contributed by atoms with Crippen LogP contribution in [0.5, 0.6) is 5.75 Å². The number of ether oxygens (including phenoxy) is 1. The number of rotatable bonds is 4. The van der Waals surface area contributed by atoms with Gasteiger partial charge in [-0.05, 0) is 30.0 Å². The highest BCUT2D eigenvalue weighted by molar-refractivity contribution is 5.92. The average molecular weight is 236 g/mol. The molecule has 1 aromatic carbocycles. The number of benzene rings is 1. The second-order valence-corrected chi connectivity index (χ2v) is 3.69. The van der Waals surface area contributed by atoms with E-state index in [1.807, 2.05) is 13.8 Å². The third-order valence-electron chi connectivity index (χ3n) is 2.57. The zero-order valence-electron chi connectivity index (χ0n) is 10.2. The summed E-state index contributed by atoms with van der Waals surface area (Å²) in [6.07, 6.45) is 1.41.